The lowest BCUT2D eigenvalue weighted by molar-refractivity contribution is 0.143. The Morgan fingerprint density at radius 1 is 1.21 bits per heavy atom. The molecule has 1 aliphatic rings. The number of urea groups is 1. The number of hydrogen-bond donors (Lipinski definition) is 2. The number of ether oxygens (including phenoxy) is 1. The summed E-state index contributed by atoms with van der Waals surface area (Å²) in [6.07, 6.45) is 1.67. The minimum Gasteiger partial charge on any atom is -0.382 e. The van der Waals surface area contributed by atoms with Crippen LogP contribution in [-0.2, 0) is 11.2 Å². The number of carbonyl (C=O) groups is 1. The molecule has 29 heavy (non-hydrogen) atoms. The lowest BCUT2D eigenvalue weighted by Gasteiger charge is -2.36. The number of amides is 2. The molecular weight excluding hydrogens is 362 g/mol. The normalized spacial score (nSPS) is 16.1. The Kier molecular flexibility index (Phi) is 5.86. The third-order valence-corrected chi connectivity index (χ3v) is 5.63. The van der Waals surface area contributed by atoms with Crippen molar-refractivity contribution in [3.05, 3.63) is 70.9 Å². The maximum absolute atomic E-state index is 13.1. The number of aromatic nitrogens is 1. The van der Waals surface area contributed by atoms with Gasteiger partial charge in [-0.2, -0.15) is 0 Å². The average Bonchev–Trinajstić information content (AvgIpc) is 3.12. The van der Waals surface area contributed by atoms with Crippen LogP contribution in [0.15, 0.2) is 48.5 Å². The number of benzene rings is 2. The van der Waals surface area contributed by atoms with E-state index in [1.807, 2.05) is 17.9 Å². The van der Waals surface area contributed by atoms with Crippen molar-refractivity contribution in [3.63, 3.8) is 0 Å². The van der Waals surface area contributed by atoms with Crippen molar-refractivity contribution in [2.75, 3.05) is 26.3 Å². The van der Waals surface area contributed by atoms with Crippen LogP contribution in [0.1, 0.15) is 41.8 Å². The van der Waals surface area contributed by atoms with Crippen LogP contribution in [0.4, 0.5) is 4.79 Å². The van der Waals surface area contributed by atoms with Crippen LogP contribution in [-0.4, -0.2) is 42.2 Å². The van der Waals surface area contributed by atoms with Gasteiger partial charge in [-0.05, 0) is 43.9 Å². The van der Waals surface area contributed by atoms with Crippen molar-refractivity contribution in [2.24, 2.45) is 0 Å². The smallest absolute Gasteiger partial charge is 0.318 e. The van der Waals surface area contributed by atoms with E-state index in [4.69, 9.17) is 4.74 Å². The fourth-order valence-electron chi connectivity index (χ4n) is 4.17. The highest BCUT2D eigenvalue weighted by atomic mass is 16.5. The number of nitrogens with zero attached hydrogens (tertiary/aromatic N) is 1. The van der Waals surface area contributed by atoms with E-state index >= 15 is 0 Å². The predicted molar refractivity (Wildman–Crippen MR) is 116 cm³/mol. The van der Waals surface area contributed by atoms with Crippen molar-refractivity contribution in [3.8, 4) is 0 Å². The van der Waals surface area contributed by atoms with E-state index in [1.165, 1.54) is 16.5 Å². The van der Waals surface area contributed by atoms with Crippen molar-refractivity contribution in [1.82, 2.24) is 15.2 Å². The largest absolute Gasteiger partial charge is 0.382 e. The Morgan fingerprint density at radius 2 is 2.00 bits per heavy atom. The number of fused-ring (bicyclic) bond motifs is 3. The molecular formula is C24H29N3O2. The van der Waals surface area contributed by atoms with Gasteiger partial charge in [-0.3, -0.25) is 0 Å². The standard InChI is InChI=1S/C24H29N3O2/c1-3-29-16-6-14-25-24(28)27-15-13-20-19-7-4-5-8-21(19)26-22(20)23(27)18-11-9-17(2)10-12-18/h4-5,7-12,23,26H,3,6,13-16H2,1-2H3,(H,25,28)/t23-/m0/s1. The Morgan fingerprint density at radius 3 is 2.79 bits per heavy atom. The summed E-state index contributed by atoms with van der Waals surface area (Å²) in [4.78, 5) is 18.6. The molecule has 0 saturated carbocycles. The van der Waals surface area contributed by atoms with E-state index in [0.29, 0.717) is 26.3 Å². The van der Waals surface area contributed by atoms with Crippen LogP contribution in [0.3, 0.4) is 0 Å². The van der Waals surface area contributed by atoms with Crippen molar-refractivity contribution in [2.45, 2.75) is 32.7 Å². The zero-order valence-electron chi connectivity index (χ0n) is 17.2. The summed E-state index contributed by atoms with van der Waals surface area (Å²) in [7, 11) is 0. The van der Waals surface area contributed by atoms with Gasteiger partial charge in [0.1, 0.15) is 0 Å². The van der Waals surface area contributed by atoms with Crippen LogP contribution < -0.4 is 5.32 Å². The topological polar surface area (TPSA) is 57.4 Å². The average molecular weight is 392 g/mol. The third-order valence-electron chi connectivity index (χ3n) is 5.63. The minimum absolute atomic E-state index is 0.0172. The Balaban J connectivity index is 1.64. The molecule has 1 aliphatic heterocycles. The lowest BCUT2D eigenvalue weighted by atomic mass is 9.92. The van der Waals surface area contributed by atoms with E-state index in [2.05, 4.69) is 59.7 Å². The summed E-state index contributed by atoms with van der Waals surface area (Å²) in [5, 5.41) is 4.34. The molecule has 2 amide bonds. The first-order valence-electron chi connectivity index (χ1n) is 10.5. The van der Waals surface area contributed by atoms with Gasteiger partial charge in [0.15, 0.2) is 0 Å². The molecule has 0 saturated heterocycles. The summed E-state index contributed by atoms with van der Waals surface area (Å²) in [5.74, 6) is 0. The van der Waals surface area contributed by atoms with Crippen molar-refractivity contribution >= 4 is 16.9 Å². The molecule has 3 aromatic rings. The van der Waals surface area contributed by atoms with Gasteiger partial charge in [0.2, 0.25) is 0 Å². The van der Waals surface area contributed by atoms with E-state index in [0.717, 1.165) is 29.6 Å². The van der Waals surface area contributed by atoms with E-state index in [-0.39, 0.29) is 12.1 Å². The number of aromatic amines is 1. The van der Waals surface area contributed by atoms with Crippen LogP contribution in [0.2, 0.25) is 0 Å². The summed E-state index contributed by atoms with van der Waals surface area (Å²) in [5.41, 5.74) is 5.94. The van der Waals surface area contributed by atoms with Crippen LogP contribution >= 0.6 is 0 Å². The van der Waals surface area contributed by atoms with Gasteiger partial charge in [0.05, 0.1) is 6.04 Å². The molecule has 2 heterocycles. The molecule has 5 nitrogen and oxygen atoms in total. The molecule has 0 unspecified atom stereocenters. The second kappa shape index (κ2) is 8.70. The zero-order valence-corrected chi connectivity index (χ0v) is 17.2. The molecule has 152 valence electrons. The van der Waals surface area contributed by atoms with E-state index < -0.39 is 0 Å². The second-order valence-corrected chi connectivity index (χ2v) is 7.60. The number of nitrogens with one attached hydrogen (secondary N) is 2. The lowest BCUT2D eigenvalue weighted by Crippen LogP contribution is -2.46. The Bertz CT molecular complexity index is 977. The van der Waals surface area contributed by atoms with Gasteiger partial charge >= 0.3 is 6.03 Å². The molecule has 2 aromatic carbocycles. The first kappa shape index (κ1) is 19.5. The molecule has 0 fully saturated rings. The van der Waals surface area contributed by atoms with Gasteiger partial charge in [-0.15, -0.1) is 0 Å². The number of hydrogen-bond acceptors (Lipinski definition) is 2. The summed E-state index contributed by atoms with van der Waals surface area (Å²) >= 11 is 0. The summed E-state index contributed by atoms with van der Waals surface area (Å²) in [6, 6.07) is 16.8. The summed E-state index contributed by atoms with van der Waals surface area (Å²) in [6.45, 7) is 6.77. The van der Waals surface area contributed by atoms with E-state index in [9.17, 15) is 4.79 Å². The maximum Gasteiger partial charge on any atom is 0.318 e. The molecule has 2 N–H and O–H groups in total. The minimum atomic E-state index is -0.112. The Hall–Kier alpha value is -2.79. The molecule has 1 aromatic heterocycles. The highest BCUT2D eigenvalue weighted by molar-refractivity contribution is 5.86. The Labute approximate surface area is 172 Å². The van der Waals surface area contributed by atoms with Crippen LogP contribution in [0, 0.1) is 6.92 Å². The maximum atomic E-state index is 13.1. The predicted octanol–water partition coefficient (Wildman–Crippen LogP) is 4.56. The number of carbonyl (C=O) groups excluding carboxylic acids is 1. The first-order valence-corrected chi connectivity index (χ1v) is 10.5. The highest BCUT2D eigenvalue weighted by Gasteiger charge is 2.34. The fourth-order valence-corrected chi connectivity index (χ4v) is 4.17. The fraction of sp³-hybridized carbons (Fsp3) is 0.375. The molecule has 1 atom stereocenters. The number of rotatable bonds is 6. The van der Waals surface area contributed by atoms with E-state index in [1.54, 1.807) is 0 Å². The van der Waals surface area contributed by atoms with Crippen LogP contribution in [0.5, 0.6) is 0 Å². The number of para-hydroxylation sites is 1. The number of aryl methyl sites for hydroxylation is 1. The molecule has 0 bridgehead atoms. The summed E-state index contributed by atoms with van der Waals surface area (Å²) < 4.78 is 5.37. The molecule has 0 radical (unpaired) electrons. The molecule has 4 rings (SSSR count). The number of H-pyrrole nitrogens is 1. The monoisotopic (exact) mass is 391 g/mol. The molecule has 0 aliphatic carbocycles. The van der Waals surface area contributed by atoms with Gasteiger partial charge in [0.25, 0.3) is 0 Å². The zero-order chi connectivity index (χ0) is 20.2. The highest BCUT2D eigenvalue weighted by Crippen LogP contribution is 2.38. The van der Waals surface area contributed by atoms with Gasteiger partial charge < -0.3 is 19.9 Å². The van der Waals surface area contributed by atoms with Crippen molar-refractivity contribution in [1.29, 1.82) is 0 Å². The molecule has 5 heteroatoms. The van der Waals surface area contributed by atoms with Gasteiger partial charge in [0, 0.05) is 42.9 Å². The van der Waals surface area contributed by atoms with Gasteiger partial charge in [-0.25, -0.2) is 4.79 Å². The first-order chi connectivity index (χ1) is 14.2. The second-order valence-electron chi connectivity index (χ2n) is 7.60. The quantitative estimate of drug-likeness (QED) is 0.605. The SMILES string of the molecule is CCOCCCNC(=O)N1CCc2c([nH]c3ccccc23)[C@@H]1c1ccc(C)cc1. The molecule has 0 spiro atoms. The van der Waals surface area contributed by atoms with Gasteiger partial charge in [-0.1, -0.05) is 48.0 Å². The van der Waals surface area contributed by atoms with Crippen LogP contribution in [0.25, 0.3) is 10.9 Å². The third kappa shape index (κ3) is 4.01. The van der Waals surface area contributed by atoms with Crippen molar-refractivity contribution < 1.29 is 9.53 Å².